The number of anilines is 1. The minimum absolute atomic E-state index is 0.0662. The first-order chi connectivity index (χ1) is 8.94. The Bertz CT molecular complexity index is 773. The van der Waals surface area contributed by atoms with Crippen molar-refractivity contribution in [2.24, 2.45) is 0 Å². The number of carbonyl (C=O) groups excluding carboxylic acids is 1. The number of benzene rings is 1. The third-order valence-corrected chi connectivity index (χ3v) is 3.76. The molecule has 0 unspecified atom stereocenters. The first-order valence-electron chi connectivity index (χ1n) is 6.00. The summed E-state index contributed by atoms with van der Waals surface area (Å²) in [7, 11) is -3.33. The van der Waals surface area contributed by atoms with Crippen LogP contribution in [0.1, 0.15) is 29.0 Å². The molecule has 100 valence electrons. The zero-order valence-electron chi connectivity index (χ0n) is 10.4. The zero-order valence-corrected chi connectivity index (χ0v) is 11.2. The van der Waals surface area contributed by atoms with Gasteiger partial charge in [0.25, 0.3) is 0 Å². The van der Waals surface area contributed by atoms with Gasteiger partial charge in [-0.1, -0.05) is 0 Å². The van der Waals surface area contributed by atoms with Crippen molar-refractivity contribution in [3.8, 4) is 0 Å². The second-order valence-electron chi connectivity index (χ2n) is 4.76. The van der Waals surface area contributed by atoms with Crippen LogP contribution in [-0.4, -0.2) is 20.5 Å². The summed E-state index contributed by atoms with van der Waals surface area (Å²) in [6, 6.07) is 4.97. The fraction of sp³-hybridized carbons (Fsp3) is 0.308. The molecule has 0 saturated heterocycles. The molecule has 0 bridgehead atoms. The van der Waals surface area contributed by atoms with Crippen LogP contribution in [0, 0.1) is 0 Å². The Kier molecular flexibility index (Phi) is 2.63. The number of hydrogen-bond acceptors (Lipinski definition) is 4. The molecule has 0 fully saturated rings. The Balaban J connectivity index is 2.17. The Morgan fingerprint density at radius 2 is 2.05 bits per heavy atom. The van der Waals surface area contributed by atoms with Gasteiger partial charge in [-0.15, -0.1) is 0 Å². The average Bonchev–Trinajstić information content (AvgIpc) is 2.66. The molecule has 6 heteroatoms. The lowest BCUT2D eigenvalue weighted by Gasteiger charge is -2.08. The summed E-state index contributed by atoms with van der Waals surface area (Å²) in [5, 5.41) is 0.688. The Hall–Kier alpha value is -1.82. The first kappa shape index (κ1) is 12.2. The maximum Gasteiger partial charge on any atom is 0.229 e. The highest BCUT2D eigenvalue weighted by atomic mass is 32.2. The van der Waals surface area contributed by atoms with E-state index in [1.165, 1.54) is 0 Å². The van der Waals surface area contributed by atoms with Gasteiger partial charge in [0.2, 0.25) is 10.0 Å². The number of Topliss-reactive ketones (excluding diaryl/α,β-unsaturated/α-hetero) is 1. The van der Waals surface area contributed by atoms with Crippen LogP contribution in [0.5, 0.6) is 0 Å². The van der Waals surface area contributed by atoms with Gasteiger partial charge >= 0.3 is 0 Å². The van der Waals surface area contributed by atoms with Crippen LogP contribution in [0.3, 0.4) is 0 Å². The molecular formula is C13H13NO4S. The van der Waals surface area contributed by atoms with Gasteiger partial charge in [0.05, 0.1) is 11.8 Å². The molecule has 0 amide bonds. The quantitative estimate of drug-likeness (QED) is 0.915. The van der Waals surface area contributed by atoms with E-state index in [0.29, 0.717) is 34.4 Å². The van der Waals surface area contributed by atoms with E-state index in [2.05, 4.69) is 4.72 Å². The fourth-order valence-electron chi connectivity index (χ4n) is 2.44. The SMILES string of the molecule is CS(=O)(=O)Nc1ccc2oc3c(c2c1)C(=O)CCC3. The van der Waals surface area contributed by atoms with Crippen LogP contribution in [-0.2, 0) is 16.4 Å². The Morgan fingerprint density at radius 1 is 1.26 bits per heavy atom. The van der Waals surface area contributed by atoms with Gasteiger partial charge in [-0.3, -0.25) is 9.52 Å². The van der Waals surface area contributed by atoms with Gasteiger partial charge in [0.1, 0.15) is 11.3 Å². The molecular weight excluding hydrogens is 266 g/mol. The van der Waals surface area contributed by atoms with Crippen molar-refractivity contribution in [1.82, 2.24) is 0 Å². The third-order valence-electron chi connectivity index (χ3n) is 3.15. The van der Waals surface area contributed by atoms with Crippen molar-refractivity contribution in [1.29, 1.82) is 0 Å². The number of rotatable bonds is 2. The predicted octanol–water partition coefficient (Wildman–Crippen LogP) is 2.32. The summed E-state index contributed by atoms with van der Waals surface area (Å²) in [5.74, 6) is 0.777. The normalized spacial score (nSPS) is 15.5. The van der Waals surface area contributed by atoms with E-state index >= 15 is 0 Å². The van der Waals surface area contributed by atoms with Crippen LogP contribution in [0.15, 0.2) is 22.6 Å². The minimum Gasteiger partial charge on any atom is -0.460 e. The Morgan fingerprint density at radius 3 is 2.79 bits per heavy atom. The molecule has 0 atom stereocenters. The van der Waals surface area contributed by atoms with Crippen LogP contribution < -0.4 is 4.72 Å². The van der Waals surface area contributed by atoms with Crippen molar-refractivity contribution in [3.05, 3.63) is 29.5 Å². The molecule has 2 aromatic rings. The maximum atomic E-state index is 12.0. The second kappa shape index (κ2) is 4.09. The summed E-state index contributed by atoms with van der Waals surface area (Å²) < 4.78 is 30.5. The number of sulfonamides is 1. The highest BCUT2D eigenvalue weighted by molar-refractivity contribution is 7.92. The second-order valence-corrected chi connectivity index (χ2v) is 6.51. The van der Waals surface area contributed by atoms with E-state index in [1.807, 2.05) is 0 Å². The van der Waals surface area contributed by atoms with Crippen LogP contribution >= 0.6 is 0 Å². The van der Waals surface area contributed by atoms with E-state index in [0.717, 1.165) is 19.1 Å². The fourth-order valence-corrected chi connectivity index (χ4v) is 3.00. The Labute approximate surface area is 110 Å². The topological polar surface area (TPSA) is 76.4 Å². The molecule has 3 rings (SSSR count). The van der Waals surface area contributed by atoms with Crippen molar-refractivity contribution in [2.75, 3.05) is 11.0 Å². The van der Waals surface area contributed by atoms with Gasteiger partial charge < -0.3 is 4.42 Å². The van der Waals surface area contributed by atoms with E-state index in [-0.39, 0.29) is 5.78 Å². The van der Waals surface area contributed by atoms with E-state index < -0.39 is 10.0 Å². The van der Waals surface area contributed by atoms with E-state index in [9.17, 15) is 13.2 Å². The molecule has 1 aliphatic rings. The molecule has 1 heterocycles. The highest BCUT2D eigenvalue weighted by Gasteiger charge is 2.24. The van der Waals surface area contributed by atoms with Gasteiger partial charge in [0, 0.05) is 23.9 Å². The van der Waals surface area contributed by atoms with Crippen molar-refractivity contribution in [2.45, 2.75) is 19.3 Å². The van der Waals surface area contributed by atoms with Gasteiger partial charge in [-0.05, 0) is 24.6 Å². The van der Waals surface area contributed by atoms with E-state index in [1.54, 1.807) is 18.2 Å². The number of furan rings is 1. The number of aryl methyl sites for hydroxylation is 1. The van der Waals surface area contributed by atoms with Gasteiger partial charge in [0.15, 0.2) is 5.78 Å². The molecule has 1 aliphatic carbocycles. The lowest BCUT2D eigenvalue weighted by atomic mass is 9.94. The number of fused-ring (bicyclic) bond motifs is 3. The summed E-state index contributed by atoms with van der Waals surface area (Å²) in [6.07, 6.45) is 3.17. The monoisotopic (exact) mass is 279 g/mol. The molecule has 5 nitrogen and oxygen atoms in total. The van der Waals surface area contributed by atoms with Gasteiger partial charge in [-0.2, -0.15) is 0 Å². The molecule has 0 radical (unpaired) electrons. The van der Waals surface area contributed by atoms with Gasteiger partial charge in [-0.25, -0.2) is 8.42 Å². The average molecular weight is 279 g/mol. The largest absolute Gasteiger partial charge is 0.460 e. The number of ketones is 1. The minimum atomic E-state index is -3.33. The standard InChI is InChI=1S/C13H13NO4S/c1-19(16,17)14-8-5-6-11-9(7-8)13-10(15)3-2-4-12(13)18-11/h5-7,14H,2-4H2,1H3. The summed E-state index contributed by atoms with van der Waals surface area (Å²) >= 11 is 0. The zero-order chi connectivity index (χ0) is 13.6. The lowest BCUT2D eigenvalue weighted by molar-refractivity contribution is 0.0971. The molecule has 19 heavy (non-hydrogen) atoms. The third kappa shape index (κ3) is 2.23. The van der Waals surface area contributed by atoms with Crippen LogP contribution in [0.2, 0.25) is 0 Å². The van der Waals surface area contributed by atoms with E-state index in [4.69, 9.17) is 4.42 Å². The molecule has 1 aromatic heterocycles. The van der Waals surface area contributed by atoms with Crippen molar-refractivity contribution in [3.63, 3.8) is 0 Å². The molecule has 0 aliphatic heterocycles. The van der Waals surface area contributed by atoms with Crippen molar-refractivity contribution >= 4 is 32.5 Å². The van der Waals surface area contributed by atoms with Crippen molar-refractivity contribution < 1.29 is 17.6 Å². The van der Waals surface area contributed by atoms with Crippen LogP contribution in [0.25, 0.3) is 11.0 Å². The lowest BCUT2D eigenvalue weighted by Crippen LogP contribution is -2.10. The molecule has 0 saturated carbocycles. The van der Waals surface area contributed by atoms with Crippen LogP contribution in [0.4, 0.5) is 5.69 Å². The summed E-state index contributed by atoms with van der Waals surface area (Å²) in [6.45, 7) is 0. The molecule has 1 aromatic carbocycles. The summed E-state index contributed by atoms with van der Waals surface area (Å²) in [4.78, 5) is 12.0. The number of carbonyl (C=O) groups is 1. The maximum absolute atomic E-state index is 12.0. The molecule has 1 N–H and O–H groups in total. The summed E-state index contributed by atoms with van der Waals surface area (Å²) in [5.41, 5.74) is 1.68. The number of hydrogen-bond donors (Lipinski definition) is 1. The smallest absolute Gasteiger partial charge is 0.229 e. The first-order valence-corrected chi connectivity index (χ1v) is 7.89. The molecule has 0 spiro atoms. The number of nitrogens with one attached hydrogen (secondary N) is 1. The highest BCUT2D eigenvalue weighted by Crippen LogP contribution is 2.33. The predicted molar refractivity (Wildman–Crippen MR) is 71.9 cm³/mol.